The molecule has 0 N–H and O–H groups in total. The van der Waals surface area contributed by atoms with Crippen LogP contribution in [0.15, 0.2) is 41.1 Å². The minimum atomic E-state index is -0.543. The number of carbonyl (C=O) groups is 1. The quantitative estimate of drug-likeness (QED) is 0.846. The van der Waals surface area contributed by atoms with Crippen LogP contribution in [0, 0.1) is 0 Å². The summed E-state index contributed by atoms with van der Waals surface area (Å²) in [5.41, 5.74) is 1.35. The zero-order valence-electron chi connectivity index (χ0n) is 14.1. The summed E-state index contributed by atoms with van der Waals surface area (Å²) >= 11 is 1.73. The Balaban J connectivity index is 1.35. The van der Waals surface area contributed by atoms with E-state index in [1.54, 1.807) is 11.3 Å². The van der Waals surface area contributed by atoms with Crippen LogP contribution in [0.5, 0.6) is 11.5 Å². The highest BCUT2D eigenvalue weighted by atomic mass is 32.1. The summed E-state index contributed by atoms with van der Waals surface area (Å²) in [5, 5.41) is 4.31. The molecule has 3 heterocycles. The number of carbonyl (C=O) groups excluding carboxylic acids is 1. The summed E-state index contributed by atoms with van der Waals surface area (Å²) in [7, 11) is 0. The van der Waals surface area contributed by atoms with Gasteiger partial charge in [0.15, 0.2) is 11.5 Å². The Labute approximate surface area is 151 Å². The first-order chi connectivity index (χ1) is 12.3. The number of ether oxygens (including phenoxy) is 2. The standard InChI is InChI=1S/C19H22N2O3S/c22-19(18-13-23-16-4-1-2-5-17(16)24-18)21-8-3-7-20(9-10-21)12-15-6-11-25-14-15/h1-2,4-6,11,14,18H,3,7-10,12-13H2. The highest BCUT2D eigenvalue weighted by Gasteiger charge is 2.31. The van der Waals surface area contributed by atoms with Crippen molar-refractivity contribution in [2.24, 2.45) is 0 Å². The van der Waals surface area contributed by atoms with E-state index in [-0.39, 0.29) is 12.5 Å². The molecular weight excluding hydrogens is 336 g/mol. The van der Waals surface area contributed by atoms with Crippen molar-refractivity contribution in [1.82, 2.24) is 9.80 Å². The van der Waals surface area contributed by atoms with Crippen LogP contribution in [0.25, 0.3) is 0 Å². The number of para-hydroxylation sites is 2. The van der Waals surface area contributed by atoms with Crippen LogP contribution in [-0.4, -0.2) is 54.6 Å². The third kappa shape index (κ3) is 3.80. The molecule has 1 saturated heterocycles. The Morgan fingerprint density at radius 1 is 1.12 bits per heavy atom. The third-order valence-corrected chi connectivity index (χ3v) is 5.40. The second-order valence-corrected chi connectivity index (χ2v) is 7.23. The van der Waals surface area contributed by atoms with E-state index in [2.05, 4.69) is 21.7 Å². The van der Waals surface area contributed by atoms with Gasteiger partial charge < -0.3 is 14.4 Å². The number of amides is 1. The first kappa shape index (κ1) is 16.4. The molecule has 2 aliphatic heterocycles. The SMILES string of the molecule is O=C(C1COc2ccccc2O1)N1CCCN(Cc2ccsc2)CC1. The molecule has 0 spiro atoms. The van der Waals surface area contributed by atoms with Gasteiger partial charge in [-0.1, -0.05) is 12.1 Å². The van der Waals surface area contributed by atoms with E-state index in [1.165, 1.54) is 5.56 Å². The molecule has 0 saturated carbocycles. The van der Waals surface area contributed by atoms with E-state index < -0.39 is 6.10 Å². The smallest absolute Gasteiger partial charge is 0.267 e. The van der Waals surface area contributed by atoms with Gasteiger partial charge >= 0.3 is 0 Å². The average molecular weight is 358 g/mol. The van der Waals surface area contributed by atoms with Crippen LogP contribution in [0.2, 0.25) is 0 Å². The lowest BCUT2D eigenvalue weighted by atomic mass is 10.2. The molecule has 25 heavy (non-hydrogen) atoms. The van der Waals surface area contributed by atoms with Crippen LogP contribution >= 0.6 is 11.3 Å². The number of rotatable bonds is 3. The lowest BCUT2D eigenvalue weighted by Crippen LogP contribution is -2.47. The molecule has 1 fully saturated rings. The first-order valence-electron chi connectivity index (χ1n) is 8.70. The Kier molecular flexibility index (Phi) is 4.90. The first-order valence-corrected chi connectivity index (χ1v) is 9.64. The van der Waals surface area contributed by atoms with Gasteiger partial charge in [-0.15, -0.1) is 0 Å². The van der Waals surface area contributed by atoms with Gasteiger partial charge in [-0.3, -0.25) is 9.69 Å². The molecule has 2 aliphatic rings. The zero-order valence-corrected chi connectivity index (χ0v) is 14.9. The van der Waals surface area contributed by atoms with Gasteiger partial charge in [0.05, 0.1) is 0 Å². The maximum absolute atomic E-state index is 12.8. The Hall–Kier alpha value is -2.05. The number of fused-ring (bicyclic) bond motifs is 1. The Bertz CT molecular complexity index is 719. The second kappa shape index (κ2) is 7.45. The molecule has 0 bridgehead atoms. The number of benzene rings is 1. The zero-order chi connectivity index (χ0) is 17.1. The molecule has 4 rings (SSSR count). The molecule has 1 aromatic heterocycles. The molecule has 1 unspecified atom stereocenters. The van der Waals surface area contributed by atoms with Crippen molar-refractivity contribution in [3.8, 4) is 11.5 Å². The monoisotopic (exact) mass is 358 g/mol. The second-order valence-electron chi connectivity index (χ2n) is 6.45. The maximum Gasteiger partial charge on any atom is 0.267 e. The van der Waals surface area contributed by atoms with E-state index in [9.17, 15) is 4.79 Å². The van der Waals surface area contributed by atoms with Crippen LogP contribution in [0.3, 0.4) is 0 Å². The lowest BCUT2D eigenvalue weighted by Gasteiger charge is -2.30. The Morgan fingerprint density at radius 2 is 2.00 bits per heavy atom. The van der Waals surface area contributed by atoms with Crippen LogP contribution in [-0.2, 0) is 11.3 Å². The number of nitrogens with zero attached hydrogens (tertiary/aromatic N) is 2. The van der Waals surface area contributed by atoms with E-state index in [0.29, 0.717) is 11.5 Å². The predicted octanol–water partition coefficient (Wildman–Crippen LogP) is 2.62. The number of thiophene rings is 1. The summed E-state index contributed by atoms with van der Waals surface area (Å²) in [5.74, 6) is 1.40. The molecule has 0 radical (unpaired) electrons. The van der Waals surface area contributed by atoms with Gasteiger partial charge in [0.1, 0.15) is 6.61 Å². The van der Waals surface area contributed by atoms with Crippen molar-refractivity contribution >= 4 is 17.2 Å². The number of hydrogen-bond acceptors (Lipinski definition) is 5. The summed E-state index contributed by atoms with van der Waals surface area (Å²) in [6.45, 7) is 4.67. The average Bonchev–Trinajstić information content (AvgIpc) is 3.05. The van der Waals surface area contributed by atoms with Gasteiger partial charge in [-0.05, 0) is 40.9 Å². The molecule has 1 amide bonds. The van der Waals surface area contributed by atoms with E-state index in [1.807, 2.05) is 29.2 Å². The van der Waals surface area contributed by atoms with Gasteiger partial charge in [0, 0.05) is 32.7 Å². The fourth-order valence-electron chi connectivity index (χ4n) is 3.34. The molecule has 5 nitrogen and oxygen atoms in total. The topological polar surface area (TPSA) is 42.0 Å². The third-order valence-electron chi connectivity index (χ3n) is 4.67. The van der Waals surface area contributed by atoms with Crippen molar-refractivity contribution in [3.05, 3.63) is 46.7 Å². The van der Waals surface area contributed by atoms with E-state index in [4.69, 9.17) is 9.47 Å². The minimum Gasteiger partial charge on any atom is -0.485 e. The van der Waals surface area contributed by atoms with E-state index >= 15 is 0 Å². The van der Waals surface area contributed by atoms with Gasteiger partial charge in [0.25, 0.3) is 5.91 Å². The van der Waals surface area contributed by atoms with Crippen molar-refractivity contribution in [2.75, 3.05) is 32.8 Å². The summed E-state index contributed by atoms with van der Waals surface area (Å²) < 4.78 is 11.6. The normalized spacial score (nSPS) is 21.0. The van der Waals surface area contributed by atoms with Crippen molar-refractivity contribution in [1.29, 1.82) is 0 Å². The summed E-state index contributed by atoms with van der Waals surface area (Å²) in [6, 6.07) is 9.68. The lowest BCUT2D eigenvalue weighted by molar-refractivity contribution is -0.141. The van der Waals surface area contributed by atoms with Crippen LogP contribution in [0.4, 0.5) is 0 Å². The number of hydrogen-bond donors (Lipinski definition) is 0. The molecule has 2 aromatic rings. The molecule has 0 aliphatic carbocycles. The summed E-state index contributed by atoms with van der Waals surface area (Å²) in [6.07, 6.45) is 0.443. The summed E-state index contributed by atoms with van der Waals surface area (Å²) in [4.78, 5) is 17.2. The van der Waals surface area contributed by atoms with Crippen LogP contribution < -0.4 is 9.47 Å². The molecule has 1 aromatic carbocycles. The highest BCUT2D eigenvalue weighted by molar-refractivity contribution is 7.07. The van der Waals surface area contributed by atoms with Crippen molar-refractivity contribution in [3.63, 3.8) is 0 Å². The van der Waals surface area contributed by atoms with Gasteiger partial charge in [0.2, 0.25) is 6.10 Å². The van der Waals surface area contributed by atoms with Gasteiger partial charge in [-0.25, -0.2) is 0 Å². The van der Waals surface area contributed by atoms with Crippen molar-refractivity contribution in [2.45, 2.75) is 19.1 Å². The minimum absolute atomic E-state index is 0.0342. The highest BCUT2D eigenvalue weighted by Crippen LogP contribution is 2.31. The Morgan fingerprint density at radius 3 is 2.84 bits per heavy atom. The molecule has 1 atom stereocenters. The fourth-order valence-corrected chi connectivity index (χ4v) is 3.99. The van der Waals surface area contributed by atoms with E-state index in [0.717, 1.165) is 39.1 Å². The molecule has 6 heteroatoms. The fraction of sp³-hybridized carbons (Fsp3) is 0.421. The largest absolute Gasteiger partial charge is 0.485 e. The van der Waals surface area contributed by atoms with Gasteiger partial charge in [-0.2, -0.15) is 11.3 Å². The predicted molar refractivity (Wildman–Crippen MR) is 97.1 cm³/mol. The molecule has 132 valence electrons. The maximum atomic E-state index is 12.8. The molecular formula is C19H22N2O3S. The van der Waals surface area contributed by atoms with Crippen molar-refractivity contribution < 1.29 is 14.3 Å². The van der Waals surface area contributed by atoms with Crippen LogP contribution in [0.1, 0.15) is 12.0 Å².